The van der Waals surface area contributed by atoms with Crippen LogP contribution in [0.4, 0.5) is 5.82 Å². The number of hydrogen-bond donors (Lipinski definition) is 1. The second-order valence-electron chi connectivity index (χ2n) is 4.14. The van der Waals surface area contributed by atoms with Crippen LogP contribution in [-0.4, -0.2) is 37.3 Å². The van der Waals surface area contributed by atoms with Crippen molar-refractivity contribution < 1.29 is 8.42 Å². The number of rotatable bonds is 6. The van der Waals surface area contributed by atoms with Crippen molar-refractivity contribution in [1.29, 1.82) is 5.26 Å². The molecule has 1 aromatic rings. The third-order valence-corrected chi connectivity index (χ3v) is 4.74. The molecule has 0 aliphatic heterocycles. The van der Waals surface area contributed by atoms with Crippen molar-refractivity contribution in [2.24, 2.45) is 0 Å². The lowest BCUT2D eigenvalue weighted by atomic mass is 10.3. The molecule has 0 aliphatic carbocycles. The van der Waals surface area contributed by atoms with Gasteiger partial charge in [-0.25, -0.2) is 13.4 Å². The molecule has 0 saturated heterocycles. The van der Waals surface area contributed by atoms with Crippen LogP contribution in [-0.2, 0) is 10.0 Å². The summed E-state index contributed by atoms with van der Waals surface area (Å²) < 4.78 is 25.9. The molecule has 0 saturated carbocycles. The van der Waals surface area contributed by atoms with Gasteiger partial charge in [-0.05, 0) is 19.9 Å². The van der Waals surface area contributed by atoms with Crippen molar-refractivity contribution in [3.8, 4) is 6.07 Å². The van der Waals surface area contributed by atoms with Crippen molar-refractivity contribution >= 4 is 15.8 Å². The van der Waals surface area contributed by atoms with Crippen molar-refractivity contribution in [2.75, 3.05) is 18.9 Å². The number of nitrogens with zero attached hydrogens (tertiary/aromatic N) is 3. The van der Waals surface area contributed by atoms with Gasteiger partial charge in [-0.3, -0.25) is 0 Å². The first-order valence-electron chi connectivity index (χ1n) is 5.98. The van der Waals surface area contributed by atoms with Crippen LogP contribution in [0.5, 0.6) is 0 Å². The summed E-state index contributed by atoms with van der Waals surface area (Å²) in [6, 6.07) is 4.55. The number of hydrogen-bond acceptors (Lipinski definition) is 5. The lowest BCUT2D eigenvalue weighted by Crippen LogP contribution is -2.34. The fraction of sp³-hybridized carbons (Fsp3) is 0.500. The zero-order valence-corrected chi connectivity index (χ0v) is 12.1. The average molecular weight is 282 g/mol. The number of anilines is 1. The summed E-state index contributed by atoms with van der Waals surface area (Å²) in [5.41, 5.74) is 0. The zero-order chi connectivity index (χ0) is 14.5. The van der Waals surface area contributed by atoms with Gasteiger partial charge in [-0.15, -0.1) is 0 Å². The predicted molar refractivity (Wildman–Crippen MR) is 73.0 cm³/mol. The summed E-state index contributed by atoms with van der Waals surface area (Å²) in [7, 11) is -2.12. The molecule has 0 amide bonds. The fourth-order valence-electron chi connectivity index (χ4n) is 1.51. The molecule has 0 bridgehead atoms. The van der Waals surface area contributed by atoms with E-state index in [1.54, 1.807) is 6.92 Å². The van der Waals surface area contributed by atoms with E-state index in [4.69, 9.17) is 5.26 Å². The minimum Gasteiger partial charge on any atom is -0.370 e. The van der Waals surface area contributed by atoms with E-state index in [9.17, 15) is 8.42 Å². The molecule has 1 rings (SSSR count). The van der Waals surface area contributed by atoms with Crippen LogP contribution in [0.1, 0.15) is 20.3 Å². The number of sulfonamides is 1. The van der Waals surface area contributed by atoms with Crippen LogP contribution in [0.3, 0.4) is 0 Å². The monoisotopic (exact) mass is 282 g/mol. The second kappa shape index (κ2) is 6.50. The predicted octanol–water partition coefficient (Wildman–Crippen LogP) is 1.44. The van der Waals surface area contributed by atoms with Crippen LogP contribution in [0.15, 0.2) is 23.2 Å². The molecule has 0 aromatic carbocycles. The smallest absolute Gasteiger partial charge is 0.243 e. The largest absolute Gasteiger partial charge is 0.370 e. The molecule has 1 unspecified atom stereocenters. The van der Waals surface area contributed by atoms with Crippen molar-refractivity contribution in [3.63, 3.8) is 0 Å². The molecule has 0 aliphatic rings. The van der Waals surface area contributed by atoms with E-state index in [-0.39, 0.29) is 17.4 Å². The fourth-order valence-corrected chi connectivity index (χ4v) is 2.89. The maximum absolute atomic E-state index is 12.4. The van der Waals surface area contributed by atoms with E-state index in [2.05, 4.69) is 10.3 Å². The molecule has 1 heterocycles. The molecule has 0 spiro atoms. The first kappa shape index (κ1) is 15.4. The van der Waals surface area contributed by atoms with Gasteiger partial charge in [0.25, 0.3) is 0 Å². The molecule has 0 fully saturated rings. The quantitative estimate of drug-likeness (QED) is 0.853. The standard InChI is InChI=1S/C12H18N4O2S/c1-4-14-12-9-11(6-8-15-12)19(17,18)16(3)10(2)5-7-13/h6,8-10H,4-5H2,1-3H3,(H,14,15). The Morgan fingerprint density at radius 3 is 2.84 bits per heavy atom. The number of nitriles is 1. The highest BCUT2D eigenvalue weighted by Gasteiger charge is 2.25. The molecule has 0 radical (unpaired) electrons. The molecular formula is C12H18N4O2S. The highest BCUT2D eigenvalue weighted by Crippen LogP contribution is 2.19. The summed E-state index contributed by atoms with van der Waals surface area (Å²) >= 11 is 0. The summed E-state index contributed by atoms with van der Waals surface area (Å²) in [6.07, 6.45) is 1.61. The van der Waals surface area contributed by atoms with Crippen LogP contribution in [0, 0.1) is 11.3 Å². The van der Waals surface area contributed by atoms with Crippen molar-refractivity contribution in [1.82, 2.24) is 9.29 Å². The molecule has 104 valence electrons. The van der Waals surface area contributed by atoms with Crippen LogP contribution >= 0.6 is 0 Å². The molecule has 1 atom stereocenters. The van der Waals surface area contributed by atoms with Crippen molar-refractivity contribution in [3.05, 3.63) is 18.3 Å². The van der Waals surface area contributed by atoms with Crippen LogP contribution < -0.4 is 5.32 Å². The van der Waals surface area contributed by atoms with Gasteiger partial charge < -0.3 is 5.32 Å². The van der Waals surface area contributed by atoms with E-state index < -0.39 is 10.0 Å². The summed E-state index contributed by atoms with van der Waals surface area (Å²) in [4.78, 5) is 4.21. The van der Waals surface area contributed by atoms with Gasteiger partial charge >= 0.3 is 0 Å². The lowest BCUT2D eigenvalue weighted by molar-refractivity contribution is 0.393. The van der Waals surface area contributed by atoms with Gasteiger partial charge in [0.15, 0.2) is 0 Å². The Labute approximate surface area is 114 Å². The van der Waals surface area contributed by atoms with Gasteiger partial charge in [0.1, 0.15) is 5.82 Å². The maximum Gasteiger partial charge on any atom is 0.243 e. The highest BCUT2D eigenvalue weighted by atomic mass is 32.2. The third-order valence-electron chi connectivity index (χ3n) is 2.77. The van der Waals surface area contributed by atoms with E-state index in [1.165, 1.54) is 29.7 Å². The van der Waals surface area contributed by atoms with Gasteiger partial charge in [0.2, 0.25) is 10.0 Å². The summed E-state index contributed by atoms with van der Waals surface area (Å²) in [5.74, 6) is 0.518. The van der Waals surface area contributed by atoms with E-state index >= 15 is 0 Å². The summed E-state index contributed by atoms with van der Waals surface area (Å²) in [5, 5.41) is 11.6. The Hall–Kier alpha value is -1.65. The first-order valence-corrected chi connectivity index (χ1v) is 7.42. The SMILES string of the molecule is CCNc1cc(S(=O)(=O)N(C)C(C)CC#N)ccn1. The minimum atomic E-state index is -3.60. The van der Waals surface area contributed by atoms with Gasteiger partial charge in [-0.1, -0.05) is 0 Å². The average Bonchev–Trinajstić information content (AvgIpc) is 2.39. The van der Waals surface area contributed by atoms with Crippen LogP contribution in [0.25, 0.3) is 0 Å². The topological polar surface area (TPSA) is 86.1 Å². The molecule has 6 nitrogen and oxygen atoms in total. The Bertz CT molecular complexity index is 565. The molecule has 7 heteroatoms. The Kier molecular flexibility index (Phi) is 5.27. The van der Waals surface area contributed by atoms with Crippen molar-refractivity contribution in [2.45, 2.75) is 31.2 Å². The maximum atomic E-state index is 12.4. The highest BCUT2D eigenvalue weighted by molar-refractivity contribution is 7.89. The molecular weight excluding hydrogens is 264 g/mol. The Morgan fingerprint density at radius 2 is 2.26 bits per heavy atom. The second-order valence-corrected chi connectivity index (χ2v) is 6.14. The molecule has 1 aromatic heterocycles. The summed E-state index contributed by atoms with van der Waals surface area (Å²) in [6.45, 7) is 4.27. The Balaban J connectivity index is 3.06. The van der Waals surface area contributed by atoms with Gasteiger partial charge in [0.05, 0.1) is 17.4 Å². The van der Waals surface area contributed by atoms with E-state index in [0.717, 1.165) is 0 Å². The number of aromatic nitrogens is 1. The molecule has 1 N–H and O–H groups in total. The normalized spacial score (nSPS) is 13.0. The van der Waals surface area contributed by atoms with Gasteiger partial charge in [-0.2, -0.15) is 9.57 Å². The number of pyridine rings is 1. The lowest BCUT2D eigenvalue weighted by Gasteiger charge is -2.22. The first-order chi connectivity index (χ1) is 8.93. The third kappa shape index (κ3) is 3.66. The molecule has 19 heavy (non-hydrogen) atoms. The van der Waals surface area contributed by atoms with Crippen LogP contribution in [0.2, 0.25) is 0 Å². The minimum absolute atomic E-state index is 0.154. The van der Waals surface area contributed by atoms with Gasteiger partial charge in [0, 0.05) is 31.9 Å². The zero-order valence-electron chi connectivity index (χ0n) is 11.3. The van der Waals surface area contributed by atoms with E-state index in [1.807, 2.05) is 13.0 Å². The Morgan fingerprint density at radius 1 is 1.58 bits per heavy atom. The number of nitrogens with one attached hydrogen (secondary N) is 1. The van der Waals surface area contributed by atoms with E-state index in [0.29, 0.717) is 12.4 Å².